The molecule has 124 valence electrons. The smallest absolute Gasteiger partial charge is 0.0519 e. The van der Waals surface area contributed by atoms with Crippen LogP contribution in [0.15, 0.2) is 77.3 Å². The van der Waals surface area contributed by atoms with E-state index in [1.807, 2.05) is 0 Å². The van der Waals surface area contributed by atoms with Gasteiger partial charge in [-0.25, -0.2) is 0 Å². The van der Waals surface area contributed by atoms with Crippen LogP contribution in [0.1, 0.15) is 12.8 Å². The highest BCUT2D eigenvalue weighted by Gasteiger charge is 2.29. The summed E-state index contributed by atoms with van der Waals surface area (Å²) in [6.07, 6.45) is 4.90. The van der Waals surface area contributed by atoms with E-state index in [0.717, 1.165) is 0 Å². The average molecular weight is 337 g/mol. The van der Waals surface area contributed by atoms with Crippen molar-refractivity contribution >= 4 is 21.7 Å². The Morgan fingerprint density at radius 1 is 0.875 bits per heavy atom. The van der Waals surface area contributed by atoms with E-state index in [0.29, 0.717) is 5.92 Å². The lowest BCUT2D eigenvalue weighted by atomic mass is 9.93. The Hall–Kier alpha value is -1.84. The largest absolute Gasteiger partial charge is 0.306 e. The summed E-state index contributed by atoms with van der Waals surface area (Å²) in [7, 11) is 2.21. The first-order valence-corrected chi connectivity index (χ1v) is 9.94. The van der Waals surface area contributed by atoms with Gasteiger partial charge in [-0.15, -0.1) is 0 Å². The molecule has 2 aromatic carbocycles. The Labute approximate surface area is 147 Å². The molecule has 2 aliphatic heterocycles. The maximum Gasteiger partial charge on any atom is 0.0519 e. The number of hydrogen-bond acceptors (Lipinski definition) is 2. The minimum atomic E-state index is -0.0178. The first-order chi connectivity index (χ1) is 11.8. The first kappa shape index (κ1) is 15.7. The lowest BCUT2D eigenvalue weighted by Crippen LogP contribution is -2.33. The van der Waals surface area contributed by atoms with Crippen molar-refractivity contribution in [3.8, 4) is 0 Å². The van der Waals surface area contributed by atoms with Gasteiger partial charge in [-0.2, -0.15) is 0 Å². The SMILES string of the molecule is CN1CCC(C2=CC=S(c3ccccc3)N2c2ccccc2)CC1. The van der Waals surface area contributed by atoms with Crippen LogP contribution in [-0.4, -0.2) is 30.4 Å². The Bertz CT molecular complexity index is 744. The zero-order chi connectivity index (χ0) is 16.4. The lowest BCUT2D eigenvalue weighted by molar-refractivity contribution is 0.238. The second-order valence-electron chi connectivity index (χ2n) is 6.56. The highest BCUT2D eigenvalue weighted by atomic mass is 32.2. The van der Waals surface area contributed by atoms with Gasteiger partial charge in [0, 0.05) is 16.5 Å². The van der Waals surface area contributed by atoms with Gasteiger partial charge < -0.3 is 4.90 Å². The van der Waals surface area contributed by atoms with Gasteiger partial charge in [0.15, 0.2) is 0 Å². The normalized spacial score (nSPS) is 22.3. The number of piperidine rings is 1. The van der Waals surface area contributed by atoms with Crippen molar-refractivity contribution in [3.63, 3.8) is 0 Å². The highest BCUT2D eigenvalue weighted by molar-refractivity contribution is 8.16. The molecule has 0 saturated carbocycles. The van der Waals surface area contributed by atoms with Gasteiger partial charge >= 0.3 is 0 Å². The molecule has 2 aliphatic rings. The summed E-state index contributed by atoms with van der Waals surface area (Å²) in [6.45, 7) is 2.40. The second kappa shape index (κ2) is 6.96. The molecule has 0 aromatic heterocycles. The average Bonchev–Trinajstić information content (AvgIpc) is 3.09. The van der Waals surface area contributed by atoms with Gasteiger partial charge in [0.25, 0.3) is 0 Å². The maximum atomic E-state index is 2.57. The van der Waals surface area contributed by atoms with Crippen molar-refractivity contribution in [2.24, 2.45) is 5.92 Å². The van der Waals surface area contributed by atoms with E-state index < -0.39 is 0 Å². The number of hydrogen-bond donors (Lipinski definition) is 0. The van der Waals surface area contributed by atoms with Gasteiger partial charge in [0.2, 0.25) is 0 Å². The van der Waals surface area contributed by atoms with E-state index in [9.17, 15) is 0 Å². The van der Waals surface area contributed by atoms with Crippen LogP contribution in [0.3, 0.4) is 0 Å². The molecular formula is C21H24N2S. The molecule has 3 heteroatoms. The van der Waals surface area contributed by atoms with Crippen molar-refractivity contribution in [3.05, 3.63) is 72.4 Å². The van der Waals surface area contributed by atoms with Gasteiger partial charge in [-0.1, -0.05) is 47.1 Å². The van der Waals surface area contributed by atoms with E-state index in [1.54, 1.807) is 0 Å². The molecule has 1 saturated heterocycles. The van der Waals surface area contributed by atoms with Crippen LogP contribution in [0.2, 0.25) is 0 Å². The van der Waals surface area contributed by atoms with Crippen molar-refractivity contribution in [1.29, 1.82) is 0 Å². The summed E-state index contributed by atoms with van der Waals surface area (Å²) in [4.78, 5) is 3.83. The summed E-state index contributed by atoms with van der Waals surface area (Å²) >= 11 is 0. The Morgan fingerprint density at radius 3 is 2.17 bits per heavy atom. The molecule has 0 N–H and O–H groups in total. The van der Waals surface area contributed by atoms with Gasteiger partial charge in [-0.3, -0.25) is 4.31 Å². The molecule has 0 amide bonds. The summed E-state index contributed by atoms with van der Waals surface area (Å²) in [5, 5.41) is 2.40. The molecule has 2 nitrogen and oxygen atoms in total. The van der Waals surface area contributed by atoms with Gasteiger partial charge in [-0.05, 0) is 68.7 Å². The molecule has 4 rings (SSSR count). The zero-order valence-corrected chi connectivity index (χ0v) is 15.0. The fourth-order valence-electron chi connectivity index (χ4n) is 3.55. The van der Waals surface area contributed by atoms with Crippen molar-refractivity contribution < 1.29 is 0 Å². The molecule has 2 aromatic rings. The van der Waals surface area contributed by atoms with Crippen LogP contribution in [-0.2, 0) is 0 Å². The fraction of sp³-hybridized carbons (Fsp3) is 0.286. The third-order valence-corrected chi connectivity index (χ3v) is 6.88. The summed E-state index contributed by atoms with van der Waals surface area (Å²) in [5.74, 6) is 0.666. The van der Waals surface area contributed by atoms with E-state index in [1.165, 1.54) is 42.2 Å². The predicted octanol–water partition coefficient (Wildman–Crippen LogP) is 4.78. The molecule has 24 heavy (non-hydrogen) atoms. The quantitative estimate of drug-likeness (QED) is 0.745. The van der Waals surface area contributed by atoms with Gasteiger partial charge in [0.1, 0.15) is 0 Å². The molecule has 1 atom stereocenters. The fourth-order valence-corrected chi connectivity index (χ4v) is 5.53. The third kappa shape index (κ3) is 3.06. The number of rotatable bonds is 3. The van der Waals surface area contributed by atoms with Crippen molar-refractivity contribution in [2.45, 2.75) is 17.7 Å². The molecule has 0 bridgehead atoms. The molecule has 0 radical (unpaired) electrons. The van der Waals surface area contributed by atoms with Crippen LogP contribution >= 0.6 is 10.7 Å². The minimum absolute atomic E-state index is 0.0178. The number of para-hydroxylation sites is 1. The summed E-state index contributed by atoms with van der Waals surface area (Å²) < 4.78 is 2.57. The highest BCUT2D eigenvalue weighted by Crippen LogP contribution is 2.45. The Morgan fingerprint density at radius 2 is 1.50 bits per heavy atom. The topological polar surface area (TPSA) is 6.48 Å². The van der Waals surface area contributed by atoms with Crippen LogP contribution in [0.4, 0.5) is 5.69 Å². The maximum absolute atomic E-state index is 2.57. The van der Waals surface area contributed by atoms with E-state index in [-0.39, 0.29) is 10.7 Å². The molecule has 0 spiro atoms. The van der Waals surface area contributed by atoms with E-state index >= 15 is 0 Å². The third-order valence-electron chi connectivity index (χ3n) is 4.91. The van der Waals surface area contributed by atoms with E-state index in [4.69, 9.17) is 0 Å². The van der Waals surface area contributed by atoms with Crippen molar-refractivity contribution in [2.75, 3.05) is 24.4 Å². The van der Waals surface area contributed by atoms with Gasteiger partial charge in [0.05, 0.1) is 5.69 Å². The lowest BCUT2D eigenvalue weighted by Gasteiger charge is -2.35. The van der Waals surface area contributed by atoms with E-state index in [2.05, 4.69) is 88.4 Å². The summed E-state index contributed by atoms with van der Waals surface area (Å²) in [5.41, 5.74) is 2.81. The molecular weight excluding hydrogens is 312 g/mol. The van der Waals surface area contributed by atoms with Crippen LogP contribution in [0.25, 0.3) is 0 Å². The van der Waals surface area contributed by atoms with Crippen LogP contribution in [0, 0.1) is 5.92 Å². The number of allylic oxidation sites excluding steroid dienone is 2. The van der Waals surface area contributed by atoms with Crippen LogP contribution in [0.5, 0.6) is 0 Å². The number of nitrogens with zero attached hydrogens (tertiary/aromatic N) is 2. The number of likely N-dealkylation sites (tertiary alicyclic amines) is 1. The number of benzene rings is 2. The molecule has 2 heterocycles. The van der Waals surface area contributed by atoms with Crippen LogP contribution < -0.4 is 4.31 Å². The Balaban J connectivity index is 1.68. The standard InChI is InChI=1S/C21H24N2S/c1-22-15-12-18(13-16-22)21-14-17-24(20-10-6-3-7-11-20)23(21)19-8-4-2-5-9-19/h2-11,14,17-18H,12-13,15-16H2,1H3. The Kier molecular flexibility index (Phi) is 4.54. The zero-order valence-electron chi connectivity index (χ0n) is 14.1. The second-order valence-corrected chi connectivity index (χ2v) is 8.30. The molecule has 1 unspecified atom stereocenters. The first-order valence-electron chi connectivity index (χ1n) is 8.70. The molecule has 0 aliphatic carbocycles. The predicted molar refractivity (Wildman–Crippen MR) is 106 cm³/mol. The van der Waals surface area contributed by atoms with Crippen molar-refractivity contribution in [1.82, 2.24) is 4.90 Å². The summed E-state index contributed by atoms with van der Waals surface area (Å²) in [6, 6.07) is 21.8. The monoisotopic (exact) mass is 336 g/mol. The number of anilines is 1. The molecule has 1 fully saturated rings. The minimum Gasteiger partial charge on any atom is -0.306 e.